The van der Waals surface area contributed by atoms with Gasteiger partial charge in [0, 0.05) is 16.9 Å². The molecular formula is C11H7BrF3N. The first-order chi connectivity index (χ1) is 7.52. The highest BCUT2D eigenvalue weighted by molar-refractivity contribution is 9.08. The van der Waals surface area contributed by atoms with Gasteiger partial charge in [0.2, 0.25) is 0 Å². The van der Waals surface area contributed by atoms with E-state index < -0.39 is 11.7 Å². The van der Waals surface area contributed by atoms with Crippen molar-refractivity contribution >= 4 is 26.8 Å². The van der Waals surface area contributed by atoms with Gasteiger partial charge in [0.05, 0.1) is 11.1 Å². The molecule has 1 aromatic carbocycles. The lowest BCUT2D eigenvalue weighted by molar-refractivity contribution is -0.137. The predicted molar refractivity (Wildman–Crippen MR) is 59.4 cm³/mol. The predicted octanol–water partition coefficient (Wildman–Crippen LogP) is 4.15. The summed E-state index contributed by atoms with van der Waals surface area (Å²) in [5, 5.41) is 1.34. The van der Waals surface area contributed by atoms with Gasteiger partial charge in [-0.3, -0.25) is 4.98 Å². The fraction of sp³-hybridized carbons (Fsp3) is 0.182. The van der Waals surface area contributed by atoms with Gasteiger partial charge in [0.1, 0.15) is 0 Å². The normalized spacial score (nSPS) is 12.0. The highest BCUT2D eigenvalue weighted by atomic mass is 79.9. The Morgan fingerprint density at radius 2 is 1.94 bits per heavy atom. The van der Waals surface area contributed by atoms with Crippen LogP contribution in [0.25, 0.3) is 10.9 Å². The number of rotatable bonds is 1. The van der Waals surface area contributed by atoms with Crippen LogP contribution < -0.4 is 0 Å². The fourth-order valence-electron chi connectivity index (χ4n) is 1.50. The third-order valence-electron chi connectivity index (χ3n) is 2.30. The molecule has 0 saturated heterocycles. The fourth-order valence-corrected chi connectivity index (χ4v) is 1.99. The van der Waals surface area contributed by atoms with E-state index in [0.29, 0.717) is 10.8 Å². The van der Waals surface area contributed by atoms with Crippen LogP contribution in [0.3, 0.4) is 0 Å². The van der Waals surface area contributed by atoms with Crippen LogP contribution in [0, 0.1) is 0 Å². The molecule has 0 aliphatic carbocycles. The van der Waals surface area contributed by atoms with Crippen LogP contribution in [0.15, 0.2) is 30.5 Å². The van der Waals surface area contributed by atoms with Crippen molar-refractivity contribution in [3.63, 3.8) is 0 Å². The molecule has 1 heterocycles. The van der Waals surface area contributed by atoms with E-state index in [1.54, 1.807) is 6.07 Å². The number of aromatic nitrogens is 1. The number of alkyl halides is 4. The molecule has 0 radical (unpaired) electrons. The Morgan fingerprint density at radius 1 is 1.19 bits per heavy atom. The first kappa shape index (κ1) is 11.4. The second-order valence-corrected chi connectivity index (χ2v) is 3.89. The van der Waals surface area contributed by atoms with E-state index in [1.807, 2.05) is 0 Å². The standard InChI is InChI=1S/C11H7BrF3N/c12-6-7-3-4-16-10-5-8(11(13,14)15)1-2-9(7)10/h1-5H,6H2. The van der Waals surface area contributed by atoms with E-state index >= 15 is 0 Å². The third-order valence-corrected chi connectivity index (χ3v) is 2.91. The van der Waals surface area contributed by atoms with Crippen molar-refractivity contribution in [2.45, 2.75) is 11.5 Å². The maximum Gasteiger partial charge on any atom is 0.416 e. The van der Waals surface area contributed by atoms with Crippen molar-refractivity contribution < 1.29 is 13.2 Å². The molecular weight excluding hydrogens is 283 g/mol. The molecule has 5 heteroatoms. The summed E-state index contributed by atoms with van der Waals surface area (Å²) in [6.07, 6.45) is -2.81. The smallest absolute Gasteiger partial charge is 0.256 e. The van der Waals surface area contributed by atoms with Gasteiger partial charge in [0.25, 0.3) is 0 Å². The number of hydrogen-bond acceptors (Lipinski definition) is 1. The molecule has 0 unspecified atom stereocenters. The van der Waals surface area contributed by atoms with Crippen LogP contribution in [-0.2, 0) is 11.5 Å². The summed E-state index contributed by atoms with van der Waals surface area (Å²) in [6, 6.07) is 5.39. The Labute approximate surface area is 98.4 Å². The first-order valence-electron chi connectivity index (χ1n) is 4.53. The van der Waals surface area contributed by atoms with Crippen molar-refractivity contribution in [2.75, 3.05) is 0 Å². The number of hydrogen-bond donors (Lipinski definition) is 0. The van der Waals surface area contributed by atoms with Gasteiger partial charge in [-0.2, -0.15) is 13.2 Å². The monoisotopic (exact) mass is 289 g/mol. The summed E-state index contributed by atoms with van der Waals surface area (Å²) in [7, 11) is 0. The van der Waals surface area contributed by atoms with Gasteiger partial charge in [-0.05, 0) is 23.8 Å². The number of benzene rings is 1. The van der Waals surface area contributed by atoms with E-state index in [2.05, 4.69) is 20.9 Å². The second-order valence-electron chi connectivity index (χ2n) is 3.33. The average Bonchev–Trinajstić information content (AvgIpc) is 2.26. The Hall–Kier alpha value is -1.10. The highest BCUT2D eigenvalue weighted by Gasteiger charge is 2.30. The van der Waals surface area contributed by atoms with Crippen molar-refractivity contribution in [3.8, 4) is 0 Å². The second kappa shape index (κ2) is 4.05. The summed E-state index contributed by atoms with van der Waals surface area (Å²) < 4.78 is 37.4. The lowest BCUT2D eigenvalue weighted by atomic mass is 10.1. The molecule has 2 rings (SSSR count). The van der Waals surface area contributed by atoms with Crippen LogP contribution in [0.4, 0.5) is 13.2 Å². The van der Waals surface area contributed by atoms with Crippen molar-refractivity contribution in [1.29, 1.82) is 0 Å². The Kier molecular flexibility index (Phi) is 2.88. The van der Waals surface area contributed by atoms with Crippen molar-refractivity contribution in [1.82, 2.24) is 4.98 Å². The van der Waals surface area contributed by atoms with Crippen LogP contribution in [0.1, 0.15) is 11.1 Å². The molecule has 0 amide bonds. The van der Waals surface area contributed by atoms with Crippen LogP contribution in [0.5, 0.6) is 0 Å². The highest BCUT2D eigenvalue weighted by Crippen LogP contribution is 2.31. The van der Waals surface area contributed by atoms with Gasteiger partial charge < -0.3 is 0 Å². The lowest BCUT2D eigenvalue weighted by Crippen LogP contribution is -2.04. The minimum absolute atomic E-state index is 0.367. The molecule has 0 spiro atoms. The zero-order valence-corrected chi connectivity index (χ0v) is 9.64. The summed E-state index contributed by atoms with van der Waals surface area (Å²) in [5.41, 5.74) is 0.629. The zero-order chi connectivity index (χ0) is 11.8. The molecule has 0 atom stereocenters. The zero-order valence-electron chi connectivity index (χ0n) is 8.05. The lowest BCUT2D eigenvalue weighted by Gasteiger charge is -2.08. The van der Waals surface area contributed by atoms with Gasteiger partial charge in [0.15, 0.2) is 0 Å². The number of nitrogens with zero attached hydrogens (tertiary/aromatic N) is 1. The van der Waals surface area contributed by atoms with Crippen molar-refractivity contribution in [3.05, 3.63) is 41.6 Å². The summed E-state index contributed by atoms with van der Waals surface area (Å²) >= 11 is 3.29. The molecule has 84 valence electrons. The van der Waals surface area contributed by atoms with Gasteiger partial charge in [-0.15, -0.1) is 0 Å². The minimum Gasteiger partial charge on any atom is -0.256 e. The van der Waals surface area contributed by atoms with E-state index in [-0.39, 0.29) is 0 Å². The van der Waals surface area contributed by atoms with E-state index in [1.165, 1.54) is 12.3 Å². The van der Waals surface area contributed by atoms with Crippen molar-refractivity contribution in [2.24, 2.45) is 0 Å². The molecule has 16 heavy (non-hydrogen) atoms. The topological polar surface area (TPSA) is 12.9 Å². The molecule has 1 aromatic heterocycles. The summed E-state index contributed by atoms with van der Waals surface area (Å²) in [5.74, 6) is 0. The first-order valence-corrected chi connectivity index (χ1v) is 5.65. The van der Waals surface area contributed by atoms with E-state index in [0.717, 1.165) is 23.1 Å². The molecule has 0 aliphatic rings. The Morgan fingerprint density at radius 3 is 2.56 bits per heavy atom. The maximum atomic E-state index is 12.5. The van der Waals surface area contributed by atoms with Gasteiger partial charge in [-0.1, -0.05) is 22.0 Å². The molecule has 1 nitrogen and oxygen atoms in total. The SMILES string of the molecule is FC(F)(F)c1ccc2c(CBr)ccnc2c1. The average molecular weight is 290 g/mol. The number of halogens is 4. The molecule has 0 saturated carbocycles. The Bertz CT molecular complexity index is 522. The molecule has 0 bridgehead atoms. The quantitative estimate of drug-likeness (QED) is 0.719. The molecule has 0 fully saturated rings. The third kappa shape index (κ3) is 2.04. The maximum absolute atomic E-state index is 12.5. The van der Waals surface area contributed by atoms with E-state index in [9.17, 15) is 13.2 Å². The molecule has 0 N–H and O–H groups in total. The molecule has 0 aliphatic heterocycles. The van der Waals surface area contributed by atoms with Crippen LogP contribution in [-0.4, -0.2) is 4.98 Å². The number of pyridine rings is 1. The summed E-state index contributed by atoms with van der Waals surface area (Å²) in [4.78, 5) is 3.94. The van der Waals surface area contributed by atoms with Gasteiger partial charge >= 0.3 is 6.18 Å². The Balaban J connectivity index is 2.64. The molecule has 2 aromatic rings. The van der Waals surface area contributed by atoms with Crippen LogP contribution in [0.2, 0.25) is 0 Å². The number of fused-ring (bicyclic) bond motifs is 1. The minimum atomic E-state index is -4.32. The van der Waals surface area contributed by atoms with E-state index in [4.69, 9.17) is 0 Å². The summed E-state index contributed by atoms with van der Waals surface area (Å²) in [6.45, 7) is 0. The largest absolute Gasteiger partial charge is 0.416 e. The van der Waals surface area contributed by atoms with Gasteiger partial charge in [-0.25, -0.2) is 0 Å². The van der Waals surface area contributed by atoms with Crippen LogP contribution >= 0.6 is 15.9 Å².